The Morgan fingerprint density at radius 2 is 1.93 bits per heavy atom. The molecule has 0 bridgehead atoms. The van der Waals surface area contributed by atoms with Crippen LogP contribution in [-0.2, 0) is 0 Å². The number of nitro groups is 1. The Morgan fingerprint density at radius 1 is 1.20 bits per heavy atom. The Bertz CT molecular complexity index is 940. The summed E-state index contributed by atoms with van der Waals surface area (Å²) in [6.45, 7) is 4.33. The number of amides is 1. The summed E-state index contributed by atoms with van der Waals surface area (Å²) in [5.74, 6) is 1.57. The number of carbonyl (C=O) groups is 1. The van der Waals surface area contributed by atoms with Gasteiger partial charge in [-0.15, -0.1) is 0 Å². The normalized spacial score (nSPS) is 18.7. The van der Waals surface area contributed by atoms with Crippen LogP contribution in [0.5, 0.6) is 11.5 Å². The highest BCUT2D eigenvalue weighted by atomic mass is 16.6. The third kappa shape index (κ3) is 4.32. The highest BCUT2D eigenvalue weighted by Crippen LogP contribution is 2.33. The largest absolute Gasteiger partial charge is 0.486 e. The fourth-order valence-electron chi connectivity index (χ4n) is 3.80. The van der Waals surface area contributed by atoms with E-state index in [1.807, 2.05) is 29.2 Å². The van der Waals surface area contributed by atoms with E-state index in [2.05, 4.69) is 12.2 Å². The van der Waals surface area contributed by atoms with Crippen molar-refractivity contribution >= 4 is 17.3 Å². The highest BCUT2D eigenvalue weighted by Gasteiger charge is 2.26. The molecule has 2 heterocycles. The molecule has 0 unspecified atom stereocenters. The van der Waals surface area contributed by atoms with Crippen LogP contribution in [0.2, 0.25) is 0 Å². The number of nitro benzene ring substituents is 1. The molecule has 30 heavy (non-hydrogen) atoms. The van der Waals surface area contributed by atoms with Gasteiger partial charge in [0.2, 0.25) is 0 Å². The monoisotopic (exact) mass is 411 g/mol. The van der Waals surface area contributed by atoms with Crippen molar-refractivity contribution in [3.63, 3.8) is 0 Å². The number of benzene rings is 2. The molecule has 2 aromatic carbocycles. The standard InChI is InChI=1S/C22H25N3O5/c1-15-8-10-24(11-9-15)18-7-6-16(12-19(18)25(27)28)22(26)23-13-17-14-29-20-4-2-3-5-21(20)30-17/h2-7,12,15,17H,8-11,13-14H2,1H3,(H,23,26)/t17-/m0/s1. The Balaban J connectivity index is 1.41. The Labute approximate surface area is 174 Å². The average molecular weight is 411 g/mol. The number of carbonyl (C=O) groups excluding carboxylic acids is 1. The van der Waals surface area contributed by atoms with Gasteiger partial charge in [0.25, 0.3) is 11.6 Å². The lowest BCUT2D eigenvalue weighted by molar-refractivity contribution is -0.384. The van der Waals surface area contributed by atoms with Crippen molar-refractivity contribution in [1.82, 2.24) is 5.32 Å². The molecule has 1 amide bonds. The number of hydrogen-bond acceptors (Lipinski definition) is 6. The first kappa shape index (κ1) is 20.0. The summed E-state index contributed by atoms with van der Waals surface area (Å²) in [4.78, 5) is 25.8. The number of piperidine rings is 1. The van der Waals surface area contributed by atoms with Gasteiger partial charge in [-0.05, 0) is 43.0 Å². The predicted molar refractivity (Wildman–Crippen MR) is 112 cm³/mol. The summed E-state index contributed by atoms with van der Waals surface area (Å²) in [6, 6.07) is 12.0. The fourth-order valence-corrected chi connectivity index (χ4v) is 3.80. The molecule has 158 valence electrons. The summed E-state index contributed by atoms with van der Waals surface area (Å²) >= 11 is 0. The van der Waals surface area contributed by atoms with Gasteiger partial charge in [0.05, 0.1) is 11.5 Å². The van der Waals surface area contributed by atoms with E-state index in [0.29, 0.717) is 29.7 Å². The van der Waals surface area contributed by atoms with Gasteiger partial charge in [-0.3, -0.25) is 14.9 Å². The minimum absolute atomic E-state index is 0.0385. The van der Waals surface area contributed by atoms with E-state index in [1.165, 1.54) is 6.07 Å². The first-order valence-electron chi connectivity index (χ1n) is 10.2. The second-order valence-electron chi connectivity index (χ2n) is 7.84. The van der Waals surface area contributed by atoms with Gasteiger partial charge in [0, 0.05) is 24.7 Å². The molecule has 1 fully saturated rings. The molecular formula is C22H25N3O5. The summed E-state index contributed by atoms with van der Waals surface area (Å²) in [6.07, 6.45) is 1.69. The Hall–Kier alpha value is -3.29. The maximum absolute atomic E-state index is 12.6. The van der Waals surface area contributed by atoms with E-state index in [9.17, 15) is 14.9 Å². The van der Waals surface area contributed by atoms with Crippen molar-refractivity contribution in [2.75, 3.05) is 31.1 Å². The minimum atomic E-state index is -0.417. The lowest BCUT2D eigenvalue weighted by Crippen LogP contribution is -2.40. The molecule has 2 aliphatic rings. The zero-order chi connectivity index (χ0) is 21.1. The molecule has 8 heteroatoms. The summed E-state index contributed by atoms with van der Waals surface area (Å²) < 4.78 is 11.5. The van der Waals surface area contributed by atoms with Crippen molar-refractivity contribution in [3.8, 4) is 11.5 Å². The van der Waals surface area contributed by atoms with Crippen LogP contribution in [0, 0.1) is 16.0 Å². The van der Waals surface area contributed by atoms with Crippen molar-refractivity contribution in [1.29, 1.82) is 0 Å². The number of rotatable bonds is 5. The molecule has 0 aliphatic carbocycles. The number of ether oxygens (including phenoxy) is 2. The smallest absolute Gasteiger partial charge is 0.293 e. The quantitative estimate of drug-likeness (QED) is 0.599. The number of fused-ring (bicyclic) bond motifs is 1. The maximum atomic E-state index is 12.6. The molecule has 2 aromatic rings. The topological polar surface area (TPSA) is 93.9 Å². The fraction of sp³-hybridized carbons (Fsp3) is 0.409. The molecule has 0 radical (unpaired) electrons. The van der Waals surface area contributed by atoms with E-state index in [4.69, 9.17) is 9.47 Å². The van der Waals surface area contributed by atoms with Crippen LogP contribution in [0.3, 0.4) is 0 Å². The number of nitrogens with zero attached hydrogens (tertiary/aromatic N) is 2. The Morgan fingerprint density at radius 3 is 2.67 bits per heavy atom. The molecule has 1 saturated heterocycles. The molecule has 0 spiro atoms. The summed E-state index contributed by atoms with van der Waals surface area (Å²) in [5, 5.41) is 14.4. The average Bonchev–Trinajstić information content (AvgIpc) is 2.77. The number of hydrogen-bond donors (Lipinski definition) is 1. The number of nitrogens with one attached hydrogen (secondary N) is 1. The second kappa shape index (κ2) is 8.61. The van der Waals surface area contributed by atoms with E-state index in [0.717, 1.165) is 25.9 Å². The second-order valence-corrected chi connectivity index (χ2v) is 7.84. The van der Waals surface area contributed by atoms with Crippen molar-refractivity contribution < 1.29 is 19.2 Å². The molecule has 0 aromatic heterocycles. The molecule has 1 N–H and O–H groups in total. The Kier molecular flexibility index (Phi) is 5.74. The molecule has 8 nitrogen and oxygen atoms in total. The van der Waals surface area contributed by atoms with Crippen LogP contribution in [-0.4, -0.2) is 43.2 Å². The van der Waals surface area contributed by atoms with Crippen LogP contribution in [0.4, 0.5) is 11.4 Å². The third-order valence-electron chi connectivity index (χ3n) is 5.62. The van der Waals surface area contributed by atoms with E-state index in [-0.39, 0.29) is 29.8 Å². The highest BCUT2D eigenvalue weighted by molar-refractivity contribution is 5.95. The molecule has 0 saturated carbocycles. The molecule has 4 rings (SSSR count). The number of para-hydroxylation sites is 2. The van der Waals surface area contributed by atoms with Crippen LogP contribution < -0.4 is 19.7 Å². The van der Waals surface area contributed by atoms with Crippen molar-refractivity contribution in [3.05, 3.63) is 58.1 Å². The van der Waals surface area contributed by atoms with Gasteiger partial charge in [0.15, 0.2) is 11.5 Å². The van der Waals surface area contributed by atoms with Gasteiger partial charge in [-0.25, -0.2) is 0 Å². The molecular weight excluding hydrogens is 386 g/mol. The SMILES string of the molecule is CC1CCN(c2ccc(C(=O)NC[C@H]3COc4ccccc4O3)cc2[N+](=O)[O-])CC1. The van der Waals surface area contributed by atoms with Crippen molar-refractivity contribution in [2.45, 2.75) is 25.9 Å². The third-order valence-corrected chi connectivity index (χ3v) is 5.62. The zero-order valence-electron chi connectivity index (χ0n) is 16.9. The van der Waals surface area contributed by atoms with Gasteiger partial charge in [-0.2, -0.15) is 0 Å². The lowest BCUT2D eigenvalue weighted by Gasteiger charge is -2.31. The lowest BCUT2D eigenvalue weighted by atomic mass is 9.98. The van der Waals surface area contributed by atoms with Crippen molar-refractivity contribution in [2.24, 2.45) is 5.92 Å². The predicted octanol–water partition coefficient (Wildman–Crippen LogP) is 3.40. The van der Waals surface area contributed by atoms with Gasteiger partial charge < -0.3 is 19.7 Å². The van der Waals surface area contributed by atoms with Crippen LogP contribution >= 0.6 is 0 Å². The van der Waals surface area contributed by atoms with E-state index in [1.54, 1.807) is 12.1 Å². The van der Waals surface area contributed by atoms with Crippen LogP contribution in [0.15, 0.2) is 42.5 Å². The first-order chi connectivity index (χ1) is 14.5. The van der Waals surface area contributed by atoms with Crippen LogP contribution in [0.25, 0.3) is 0 Å². The van der Waals surface area contributed by atoms with E-state index < -0.39 is 4.92 Å². The van der Waals surface area contributed by atoms with Crippen LogP contribution in [0.1, 0.15) is 30.1 Å². The summed E-state index contributed by atoms with van der Waals surface area (Å²) in [5.41, 5.74) is 0.792. The molecule has 2 aliphatic heterocycles. The number of anilines is 1. The summed E-state index contributed by atoms with van der Waals surface area (Å²) in [7, 11) is 0. The minimum Gasteiger partial charge on any atom is -0.486 e. The van der Waals surface area contributed by atoms with E-state index >= 15 is 0 Å². The molecule has 1 atom stereocenters. The van der Waals surface area contributed by atoms with Gasteiger partial charge in [-0.1, -0.05) is 19.1 Å². The zero-order valence-corrected chi connectivity index (χ0v) is 16.9. The van der Waals surface area contributed by atoms with Gasteiger partial charge >= 0.3 is 0 Å². The first-order valence-corrected chi connectivity index (χ1v) is 10.2. The maximum Gasteiger partial charge on any atom is 0.293 e. The van der Waals surface area contributed by atoms with Gasteiger partial charge in [0.1, 0.15) is 18.4 Å².